The van der Waals surface area contributed by atoms with Crippen molar-refractivity contribution in [1.82, 2.24) is 5.32 Å². The maximum Gasteiger partial charge on any atom is 0.224 e. The number of nitrogens with two attached hydrogens (primary N) is 1. The Bertz CT molecular complexity index is 357. The fraction of sp³-hybridized carbons (Fsp3) is 0.300. The first-order valence-corrected chi connectivity index (χ1v) is 4.92. The van der Waals surface area contributed by atoms with Gasteiger partial charge in [-0.05, 0) is 17.7 Å². The van der Waals surface area contributed by atoms with Crippen molar-refractivity contribution in [3.05, 3.63) is 34.6 Å². The number of hydrogen-bond acceptors (Lipinski definition) is 2. The highest BCUT2D eigenvalue weighted by Crippen LogP contribution is 2.16. The van der Waals surface area contributed by atoms with Gasteiger partial charge in [0.25, 0.3) is 0 Å². The molecule has 1 rings (SSSR count). The summed E-state index contributed by atoms with van der Waals surface area (Å²) in [5, 5.41) is 2.64. The van der Waals surface area contributed by atoms with E-state index < -0.39 is 5.82 Å². The molecule has 0 aromatic heterocycles. The fourth-order valence-electron chi connectivity index (χ4n) is 1.11. The molecule has 0 heterocycles. The summed E-state index contributed by atoms with van der Waals surface area (Å²) in [6.45, 7) is 0.837. The molecule has 0 fully saturated rings. The van der Waals surface area contributed by atoms with Crippen LogP contribution in [0.1, 0.15) is 5.56 Å². The molecule has 0 aliphatic heterocycles. The largest absolute Gasteiger partial charge is 0.355 e. The van der Waals surface area contributed by atoms with Gasteiger partial charge in [-0.25, -0.2) is 4.39 Å². The van der Waals surface area contributed by atoms with Gasteiger partial charge in [0.15, 0.2) is 0 Å². The van der Waals surface area contributed by atoms with Crippen LogP contribution in [0.5, 0.6) is 0 Å². The summed E-state index contributed by atoms with van der Waals surface area (Å²) in [5.74, 6) is -0.633. The van der Waals surface area contributed by atoms with Crippen LogP contribution in [0, 0.1) is 5.82 Å². The molecule has 0 saturated heterocycles. The van der Waals surface area contributed by atoms with Gasteiger partial charge in [0.05, 0.1) is 11.4 Å². The van der Waals surface area contributed by atoms with Gasteiger partial charge < -0.3 is 11.1 Å². The second kappa shape index (κ2) is 5.68. The number of nitrogens with one attached hydrogen (secondary N) is 1. The van der Waals surface area contributed by atoms with Crippen LogP contribution in [0.15, 0.2) is 18.2 Å². The molecule has 1 aromatic carbocycles. The Hall–Kier alpha value is -1.13. The minimum Gasteiger partial charge on any atom is -0.355 e. The highest BCUT2D eigenvalue weighted by molar-refractivity contribution is 6.30. The van der Waals surface area contributed by atoms with E-state index in [1.807, 2.05) is 0 Å². The summed E-state index contributed by atoms with van der Waals surface area (Å²) >= 11 is 5.57. The molecule has 0 radical (unpaired) electrons. The van der Waals surface area contributed by atoms with E-state index >= 15 is 0 Å². The zero-order valence-corrected chi connectivity index (χ0v) is 8.85. The number of amides is 1. The van der Waals surface area contributed by atoms with Crippen molar-refractivity contribution in [2.75, 3.05) is 13.1 Å². The monoisotopic (exact) mass is 230 g/mol. The molecule has 0 spiro atoms. The standard InChI is InChI=1S/C10H12ClFN2O/c11-8-5-7(1-2-9(8)12)6-10(15)14-4-3-13/h1-2,5H,3-4,6,13H2,(H,14,15). The summed E-state index contributed by atoms with van der Waals surface area (Å²) in [7, 11) is 0. The zero-order chi connectivity index (χ0) is 11.3. The van der Waals surface area contributed by atoms with Crippen molar-refractivity contribution in [3.8, 4) is 0 Å². The summed E-state index contributed by atoms with van der Waals surface area (Å²) in [6.07, 6.45) is 0.181. The van der Waals surface area contributed by atoms with Crippen LogP contribution < -0.4 is 11.1 Å². The maximum absolute atomic E-state index is 12.8. The lowest BCUT2D eigenvalue weighted by molar-refractivity contribution is -0.120. The first-order valence-electron chi connectivity index (χ1n) is 4.54. The van der Waals surface area contributed by atoms with Gasteiger partial charge in [0, 0.05) is 13.1 Å². The number of benzene rings is 1. The van der Waals surface area contributed by atoms with E-state index in [1.165, 1.54) is 18.2 Å². The Morgan fingerprint density at radius 2 is 2.27 bits per heavy atom. The molecule has 0 aliphatic carbocycles. The van der Waals surface area contributed by atoms with Crippen LogP contribution >= 0.6 is 11.6 Å². The minimum absolute atomic E-state index is 0.0270. The Balaban J connectivity index is 2.57. The number of carbonyl (C=O) groups is 1. The van der Waals surface area contributed by atoms with Crippen molar-refractivity contribution in [1.29, 1.82) is 0 Å². The van der Waals surface area contributed by atoms with Crippen LogP contribution in [0.25, 0.3) is 0 Å². The van der Waals surface area contributed by atoms with E-state index in [0.29, 0.717) is 18.7 Å². The summed E-state index contributed by atoms with van der Waals surface area (Å²) in [5.41, 5.74) is 5.91. The topological polar surface area (TPSA) is 55.1 Å². The smallest absolute Gasteiger partial charge is 0.224 e. The van der Waals surface area contributed by atoms with Gasteiger partial charge in [-0.1, -0.05) is 17.7 Å². The van der Waals surface area contributed by atoms with E-state index in [0.717, 1.165) is 0 Å². The minimum atomic E-state index is -0.484. The lowest BCUT2D eigenvalue weighted by Crippen LogP contribution is -2.30. The first kappa shape index (κ1) is 11.9. The maximum atomic E-state index is 12.8. The van der Waals surface area contributed by atoms with Gasteiger partial charge >= 0.3 is 0 Å². The van der Waals surface area contributed by atoms with E-state index in [1.54, 1.807) is 0 Å². The van der Waals surface area contributed by atoms with Crippen molar-refractivity contribution >= 4 is 17.5 Å². The lowest BCUT2D eigenvalue weighted by atomic mass is 10.1. The third kappa shape index (κ3) is 3.85. The van der Waals surface area contributed by atoms with E-state index in [2.05, 4.69) is 5.32 Å². The van der Waals surface area contributed by atoms with Gasteiger partial charge in [-0.3, -0.25) is 4.79 Å². The van der Waals surface area contributed by atoms with E-state index in [4.69, 9.17) is 17.3 Å². The molecule has 0 bridgehead atoms. The summed E-state index contributed by atoms with van der Waals surface area (Å²) in [6, 6.07) is 4.22. The van der Waals surface area contributed by atoms with Gasteiger partial charge in [-0.15, -0.1) is 0 Å². The molecule has 15 heavy (non-hydrogen) atoms. The van der Waals surface area contributed by atoms with Crippen molar-refractivity contribution in [3.63, 3.8) is 0 Å². The van der Waals surface area contributed by atoms with Crippen LogP contribution in [-0.4, -0.2) is 19.0 Å². The van der Waals surface area contributed by atoms with Crippen molar-refractivity contribution < 1.29 is 9.18 Å². The highest BCUT2D eigenvalue weighted by Gasteiger charge is 2.05. The Morgan fingerprint density at radius 1 is 1.53 bits per heavy atom. The molecular formula is C10H12ClFN2O. The van der Waals surface area contributed by atoms with Crippen LogP contribution in [0.4, 0.5) is 4.39 Å². The SMILES string of the molecule is NCCNC(=O)Cc1ccc(F)c(Cl)c1. The molecule has 3 nitrogen and oxygen atoms in total. The second-order valence-corrected chi connectivity index (χ2v) is 3.47. The Kier molecular flexibility index (Phi) is 4.52. The van der Waals surface area contributed by atoms with Gasteiger partial charge in [-0.2, -0.15) is 0 Å². The third-order valence-corrected chi connectivity index (χ3v) is 2.10. The van der Waals surface area contributed by atoms with E-state index in [9.17, 15) is 9.18 Å². The second-order valence-electron chi connectivity index (χ2n) is 3.06. The van der Waals surface area contributed by atoms with Crippen molar-refractivity contribution in [2.45, 2.75) is 6.42 Å². The molecular weight excluding hydrogens is 219 g/mol. The number of halogens is 2. The molecule has 5 heteroatoms. The van der Waals surface area contributed by atoms with Crippen LogP contribution in [0.2, 0.25) is 5.02 Å². The lowest BCUT2D eigenvalue weighted by Gasteiger charge is -2.04. The average molecular weight is 231 g/mol. The summed E-state index contributed by atoms with van der Waals surface area (Å²) < 4.78 is 12.8. The van der Waals surface area contributed by atoms with Gasteiger partial charge in [0.2, 0.25) is 5.91 Å². The highest BCUT2D eigenvalue weighted by atomic mass is 35.5. The normalized spacial score (nSPS) is 10.1. The summed E-state index contributed by atoms with van der Waals surface area (Å²) in [4.78, 5) is 11.3. The fourth-order valence-corrected chi connectivity index (χ4v) is 1.31. The Morgan fingerprint density at radius 3 is 2.87 bits per heavy atom. The van der Waals surface area contributed by atoms with Crippen molar-refractivity contribution in [2.24, 2.45) is 5.73 Å². The Labute approximate surface area is 92.4 Å². The molecule has 0 saturated carbocycles. The molecule has 1 aromatic rings. The first-order chi connectivity index (χ1) is 7.13. The van der Waals surface area contributed by atoms with Crippen LogP contribution in [-0.2, 0) is 11.2 Å². The van der Waals surface area contributed by atoms with Crippen LogP contribution in [0.3, 0.4) is 0 Å². The number of carbonyl (C=O) groups excluding carboxylic acids is 1. The molecule has 0 unspecified atom stereocenters. The molecule has 0 aliphatic rings. The van der Waals surface area contributed by atoms with Gasteiger partial charge in [0.1, 0.15) is 5.82 Å². The number of rotatable bonds is 4. The van der Waals surface area contributed by atoms with E-state index in [-0.39, 0.29) is 17.4 Å². The molecule has 0 atom stereocenters. The predicted molar refractivity (Wildman–Crippen MR) is 57.2 cm³/mol. The molecule has 1 amide bonds. The molecule has 3 N–H and O–H groups in total. The zero-order valence-electron chi connectivity index (χ0n) is 8.09. The molecule has 82 valence electrons. The quantitative estimate of drug-likeness (QED) is 0.814. The predicted octanol–water partition coefficient (Wildman–Crippen LogP) is 1.10. The number of hydrogen-bond donors (Lipinski definition) is 2. The third-order valence-electron chi connectivity index (χ3n) is 1.82. The average Bonchev–Trinajstić information content (AvgIpc) is 2.20.